The predicted molar refractivity (Wildman–Crippen MR) is 74.0 cm³/mol. The van der Waals surface area contributed by atoms with Crippen molar-refractivity contribution in [2.24, 2.45) is 5.92 Å². The van der Waals surface area contributed by atoms with E-state index in [4.69, 9.17) is 4.74 Å². The summed E-state index contributed by atoms with van der Waals surface area (Å²) >= 11 is 0. The van der Waals surface area contributed by atoms with Gasteiger partial charge in [-0.2, -0.15) is 4.31 Å². The highest BCUT2D eigenvalue weighted by Gasteiger charge is 2.55. The van der Waals surface area contributed by atoms with Gasteiger partial charge in [-0.15, -0.1) is 0 Å². The van der Waals surface area contributed by atoms with Crippen LogP contribution in [0, 0.1) is 5.92 Å². The Balaban J connectivity index is 1.72. The molecule has 0 amide bonds. The summed E-state index contributed by atoms with van der Waals surface area (Å²) in [5, 5.41) is 10.2. The second-order valence-corrected chi connectivity index (χ2v) is 7.49. The van der Waals surface area contributed by atoms with Crippen LogP contribution in [-0.2, 0) is 10.0 Å². The number of aliphatic hydroxyl groups is 1. The van der Waals surface area contributed by atoms with Crippen molar-refractivity contribution in [3.63, 3.8) is 0 Å². The van der Waals surface area contributed by atoms with Crippen molar-refractivity contribution in [2.45, 2.75) is 30.3 Å². The normalized spacial score (nSPS) is 22.3. The van der Waals surface area contributed by atoms with Crippen LogP contribution in [0.1, 0.15) is 19.8 Å². The molecular weight excluding hydrogens is 278 g/mol. The molecule has 6 heteroatoms. The lowest BCUT2D eigenvalue weighted by atomic mass is 9.91. The van der Waals surface area contributed by atoms with Gasteiger partial charge < -0.3 is 9.84 Å². The third-order valence-corrected chi connectivity index (χ3v) is 5.82. The quantitative estimate of drug-likeness (QED) is 0.887. The van der Waals surface area contributed by atoms with Crippen LogP contribution < -0.4 is 4.74 Å². The first-order chi connectivity index (χ1) is 9.45. The number of benzene rings is 1. The first kappa shape index (κ1) is 13.9. The SMILES string of the molecule is CCOc1ccc(S(=O)(=O)N2CC(O)(C3CC3)C2)cc1. The van der Waals surface area contributed by atoms with Gasteiger partial charge in [0, 0.05) is 13.1 Å². The van der Waals surface area contributed by atoms with Gasteiger partial charge in [0.1, 0.15) is 5.75 Å². The zero-order valence-corrected chi connectivity index (χ0v) is 12.3. The maximum absolute atomic E-state index is 12.4. The monoisotopic (exact) mass is 297 g/mol. The van der Waals surface area contributed by atoms with Gasteiger partial charge in [-0.05, 0) is 49.9 Å². The average molecular weight is 297 g/mol. The summed E-state index contributed by atoms with van der Waals surface area (Å²) in [7, 11) is -3.49. The van der Waals surface area contributed by atoms with Gasteiger partial charge in [-0.1, -0.05) is 0 Å². The molecule has 1 heterocycles. The molecule has 1 saturated carbocycles. The van der Waals surface area contributed by atoms with Crippen molar-refractivity contribution in [3.05, 3.63) is 24.3 Å². The van der Waals surface area contributed by atoms with Crippen molar-refractivity contribution in [2.75, 3.05) is 19.7 Å². The van der Waals surface area contributed by atoms with Gasteiger partial charge in [0.2, 0.25) is 10.0 Å². The second-order valence-electron chi connectivity index (χ2n) is 5.56. The Bertz CT molecular complexity index is 586. The molecular formula is C14H19NO4S. The number of rotatable bonds is 5. The molecule has 5 nitrogen and oxygen atoms in total. The lowest BCUT2D eigenvalue weighted by molar-refractivity contribution is -0.0764. The highest BCUT2D eigenvalue weighted by atomic mass is 32.2. The molecule has 20 heavy (non-hydrogen) atoms. The van der Waals surface area contributed by atoms with E-state index in [1.807, 2.05) is 6.92 Å². The number of nitrogens with zero attached hydrogens (tertiary/aromatic N) is 1. The Morgan fingerprint density at radius 3 is 2.40 bits per heavy atom. The zero-order chi connectivity index (χ0) is 14.4. The van der Waals surface area contributed by atoms with Crippen molar-refractivity contribution >= 4 is 10.0 Å². The summed E-state index contributed by atoms with van der Waals surface area (Å²) in [6.07, 6.45) is 2.01. The average Bonchev–Trinajstić information content (AvgIpc) is 3.20. The van der Waals surface area contributed by atoms with Crippen molar-refractivity contribution in [3.8, 4) is 5.75 Å². The fourth-order valence-corrected chi connectivity index (χ4v) is 4.20. The summed E-state index contributed by atoms with van der Waals surface area (Å²) in [5.41, 5.74) is -0.793. The first-order valence-electron chi connectivity index (χ1n) is 6.91. The third kappa shape index (κ3) is 2.32. The summed E-state index contributed by atoms with van der Waals surface area (Å²) in [4.78, 5) is 0.249. The van der Waals surface area contributed by atoms with Gasteiger partial charge in [-0.3, -0.25) is 0 Å². The van der Waals surface area contributed by atoms with E-state index >= 15 is 0 Å². The molecule has 0 spiro atoms. The number of hydrogen-bond acceptors (Lipinski definition) is 4. The van der Waals surface area contributed by atoms with E-state index in [0.29, 0.717) is 12.4 Å². The molecule has 0 aromatic heterocycles. The molecule has 1 aliphatic carbocycles. The van der Waals surface area contributed by atoms with Crippen molar-refractivity contribution in [1.29, 1.82) is 0 Å². The van der Waals surface area contributed by atoms with E-state index in [0.717, 1.165) is 12.8 Å². The minimum absolute atomic E-state index is 0.215. The summed E-state index contributed by atoms with van der Waals surface area (Å²) in [5.74, 6) is 0.943. The number of sulfonamides is 1. The Kier molecular flexibility index (Phi) is 3.27. The number of β-amino-alcohol motifs (C(OH)–C–C–N with tert-alkyl or cyclic N) is 1. The molecule has 2 aliphatic rings. The van der Waals surface area contributed by atoms with Crippen LogP contribution in [0.25, 0.3) is 0 Å². The summed E-state index contributed by atoms with van der Waals surface area (Å²) < 4.78 is 31.4. The molecule has 1 aliphatic heterocycles. The molecule has 0 bridgehead atoms. The van der Waals surface area contributed by atoms with Crippen LogP contribution in [0.2, 0.25) is 0 Å². The zero-order valence-electron chi connectivity index (χ0n) is 11.4. The third-order valence-electron chi connectivity index (χ3n) is 4.01. The van der Waals surface area contributed by atoms with E-state index in [2.05, 4.69) is 0 Å². The van der Waals surface area contributed by atoms with Gasteiger partial charge in [0.25, 0.3) is 0 Å². The standard InChI is InChI=1S/C14H19NO4S/c1-2-19-12-5-7-13(8-6-12)20(17,18)15-9-14(16,10-15)11-3-4-11/h5-8,11,16H,2-4,9-10H2,1H3. The number of ether oxygens (including phenoxy) is 1. The van der Waals surface area contributed by atoms with E-state index in [-0.39, 0.29) is 23.9 Å². The van der Waals surface area contributed by atoms with E-state index in [1.165, 1.54) is 4.31 Å². The highest BCUT2D eigenvalue weighted by Crippen LogP contribution is 2.45. The first-order valence-corrected chi connectivity index (χ1v) is 8.35. The van der Waals surface area contributed by atoms with Gasteiger partial charge >= 0.3 is 0 Å². The molecule has 3 rings (SSSR count). The molecule has 1 aromatic rings. The maximum Gasteiger partial charge on any atom is 0.243 e. The summed E-state index contributed by atoms with van der Waals surface area (Å²) in [6, 6.07) is 6.41. The second kappa shape index (κ2) is 4.72. The van der Waals surface area contributed by atoms with Gasteiger partial charge in [0.15, 0.2) is 0 Å². The van der Waals surface area contributed by atoms with E-state index in [1.54, 1.807) is 24.3 Å². The lowest BCUT2D eigenvalue weighted by Crippen LogP contribution is -2.64. The summed E-state index contributed by atoms with van der Waals surface area (Å²) in [6.45, 7) is 2.86. The Morgan fingerprint density at radius 1 is 1.30 bits per heavy atom. The van der Waals surface area contributed by atoms with Crippen LogP contribution in [0.15, 0.2) is 29.2 Å². The van der Waals surface area contributed by atoms with Crippen LogP contribution >= 0.6 is 0 Å². The minimum Gasteiger partial charge on any atom is -0.494 e. The topological polar surface area (TPSA) is 66.8 Å². The molecule has 0 atom stereocenters. The Hall–Kier alpha value is -1.11. The Morgan fingerprint density at radius 2 is 1.90 bits per heavy atom. The van der Waals surface area contributed by atoms with Gasteiger partial charge in [-0.25, -0.2) is 8.42 Å². The van der Waals surface area contributed by atoms with E-state index < -0.39 is 15.6 Å². The smallest absolute Gasteiger partial charge is 0.243 e. The van der Waals surface area contributed by atoms with Gasteiger partial charge in [0.05, 0.1) is 17.1 Å². The van der Waals surface area contributed by atoms with E-state index in [9.17, 15) is 13.5 Å². The van der Waals surface area contributed by atoms with Crippen LogP contribution in [-0.4, -0.2) is 43.1 Å². The minimum atomic E-state index is -3.49. The molecule has 1 aromatic carbocycles. The lowest BCUT2D eigenvalue weighted by Gasteiger charge is -2.45. The highest BCUT2D eigenvalue weighted by molar-refractivity contribution is 7.89. The molecule has 0 unspecified atom stereocenters. The molecule has 1 saturated heterocycles. The fraction of sp³-hybridized carbons (Fsp3) is 0.571. The molecule has 1 N–H and O–H groups in total. The molecule has 110 valence electrons. The fourth-order valence-electron chi connectivity index (χ4n) is 2.64. The van der Waals surface area contributed by atoms with Crippen LogP contribution in [0.5, 0.6) is 5.75 Å². The predicted octanol–water partition coefficient (Wildman–Crippen LogP) is 1.23. The maximum atomic E-state index is 12.4. The molecule has 0 radical (unpaired) electrons. The molecule has 2 fully saturated rings. The van der Waals surface area contributed by atoms with Crippen molar-refractivity contribution in [1.82, 2.24) is 4.31 Å². The van der Waals surface area contributed by atoms with Crippen molar-refractivity contribution < 1.29 is 18.3 Å². The van der Waals surface area contributed by atoms with Crippen LogP contribution in [0.4, 0.5) is 0 Å². The largest absolute Gasteiger partial charge is 0.494 e. The van der Waals surface area contributed by atoms with Crippen LogP contribution in [0.3, 0.4) is 0 Å². The number of hydrogen-bond donors (Lipinski definition) is 1. The Labute approximate surface area is 119 Å².